The standard InChI is InChI=1S/C13H10Cl2OS/c1-8-5-6-17-13(8)11(16)7-9-3-2-4-10(14)12(9)15/h2-6H,7H2,1H3. The summed E-state index contributed by atoms with van der Waals surface area (Å²) in [4.78, 5) is 12.9. The van der Waals surface area contributed by atoms with E-state index in [0.717, 1.165) is 16.0 Å². The normalized spacial score (nSPS) is 10.5. The first-order valence-electron chi connectivity index (χ1n) is 5.10. The number of hydrogen-bond acceptors (Lipinski definition) is 2. The minimum Gasteiger partial charge on any atom is -0.293 e. The van der Waals surface area contributed by atoms with E-state index in [1.807, 2.05) is 24.4 Å². The molecule has 0 aliphatic rings. The summed E-state index contributed by atoms with van der Waals surface area (Å²) >= 11 is 13.4. The van der Waals surface area contributed by atoms with Crippen molar-refractivity contribution in [2.75, 3.05) is 0 Å². The summed E-state index contributed by atoms with van der Waals surface area (Å²) in [5.74, 6) is 0.0849. The number of benzene rings is 1. The third-order valence-corrected chi connectivity index (χ3v) is 4.41. The van der Waals surface area contributed by atoms with Crippen molar-refractivity contribution < 1.29 is 4.79 Å². The zero-order valence-electron chi connectivity index (χ0n) is 9.17. The number of Topliss-reactive ketones (excluding diaryl/α,β-unsaturated/α-hetero) is 1. The van der Waals surface area contributed by atoms with Gasteiger partial charge in [0.2, 0.25) is 0 Å². The molecular formula is C13H10Cl2OS. The Kier molecular flexibility index (Phi) is 3.87. The Labute approximate surface area is 114 Å². The Morgan fingerprint density at radius 2 is 2.06 bits per heavy atom. The van der Waals surface area contributed by atoms with Crippen LogP contribution >= 0.6 is 34.5 Å². The molecule has 1 aromatic carbocycles. The van der Waals surface area contributed by atoms with Crippen LogP contribution < -0.4 is 0 Å². The van der Waals surface area contributed by atoms with E-state index < -0.39 is 0 Å². The van der Waals surface area contributed by atoms with Crippen LogP contribution in [0.15, 0.2) is 29.6 Å². The highest BCUT2D eigenvalue weighted by Crippen LogP contribution is 2.27. The molecule has 2 aromatic rings. The van der Waals surface area contributed by atoms with Crippen LogP contribution in [0.5, 0.6) is 0 Å². The summed E-state index contributed by atoms with van der Waals surface area (Å²) in [5, 5.41) is 2.87. The van der Waals surface area contributed by atoms with Gasteiger partial charge in [-0.1, -0.05) is 35.3 Å². The molecular weight excluding hydrogens is 275 g/mol. The van der Waals surface area contributed by atoms with Crippen LogP contribution in [0.25, 0.3) is 0 Å². The quantitative estimate of drug-likeness (QED) is 0.741. The molecule has 0 saturated carbocycles. The molecule has 0 saturated heterocycles. The van der Waals surface area contributed by atoms with Gasteiger partial charge in [-0.15, -0.1) is 11.3 Å². The minimum atomic E-state index is 0.0849. The van der Waals surface area contributed by atoms with Crippen molar-refractivity contribution in [2.24, 2.45) is 0 Å². The van der Waals surface area contributed by atoms with E-state index in [1.54, 1.807) is 12.1 Å². The second-order valence-electron chi connectivity index (χ2n) is 3.75. The largest absolute Gasteiger partial charge is 0.293 e. The minimum absolute atomic E-state index is 0.0849. The molecule has 0 amide bonds. The van der Waals surface area contributed by atoms with Crippen LogP contribution in [0.1, 0.15) is 20.8 Å². The van der Waals surface area contributed by atoms with Gasteiger partial charge in [0.05, 0.1) is 14.9 Å². The van der Waals surface area contributed by atoms with Gasteiger partial charge in [0.1, 0.15) is 0 Å². The molecule has 17 heavy (non-hydrogen) atoms. The van der Waals surface area contributed by atoms with Crippen molar-refractivity contribution in [2.45, 2.75) is 13.3 Å². The summed E-state index contributed by atoms with van der Waals surface area (Å²) in [6.45, 7) is 1.93. The number of hydrogen-bond donors (Lipinski definition) is 0. The predicted octanol–water partition coefficient (Wildman–Crippen LogP) is 4.79. The van der Waals surface area contributed by atoms with E-state index in [0.29, 0.717) is 16.5 Å². The van der Waals surface area contributed by atoms with Gasteiger partial charge in [0, 0.05) is 6.42 Å². The van der Waals surface area contributed by atoms with Crippen molar-refractivity contribution in [1.82, 2.24) is 0 Å². The zero-order valence-corrected chi connectivity index (χ0v) is 11.5. The highest BCUT2D eigenvalue weighted by Gasteiger charge is 2.14. The molecule has 4 heteroatoms. The fraction of sp³-hybridized carbons (Fsp3) is 0.154. The SMILES string of the molecule is Cc1ccsc1C(=O)Cc1cccc(Cl)c1Cl. The van der Waals surface area contributed by atoms with Gasteiger partial charge in [-0.3, -0.25) is 4.79 Å². The van der Waals surface area contributed by atoms with Crippen molar-refractivity contribution in [1.29, 1.82) is 0 Å². The highest BCUT2D eigenvalue weighted by molar-refractivity contribution is 7.12. The van der Waals surface area contributed by atoms with Gasteiger partial charge in [-0.2, -0.15) is 0 Å². The number of ketones is 1. The number of thiophene rings is 1. The first-order valence-corrected chi connectivity index (χ1v) is 6.73. The van der Waals surface area contributed by atoms with E-state index in [1.165, 1.54) is 11.3 Å². The van der Waals surface area contributed by atoms with Crippen LogP contribution in [-0.2, 0) is 6.42 Å². The molecule has 1 aromatic heterocycles. The average molecular weight is 285 g/mol. The Morgan fingerprint density at radius 1 is 1.29 bits per heavy atom. The van der Waals surface area contributed by atoms with E-state index in [-0.39, 0.29) is 5.78 Å². The first-order chi connectivity index (χ1) is 8.09. The number of carbonyl (C=O) groups excluding carboxylic acids is 1. The zero-order chi connectivity index (χ0) is 12.4. The molecule has 88 valence electrons. The maximum Gasteiger partial charge on any atom is 0.177 e. The van der Waals surface area contributed by atoms with Crippen molar-refractivity contribution >= 4 is 40.3 Å². The molecule has 0 aliphatic carbocycles. The van der Waals surface area contributed by atoms with E-state index >= 15 is 0 Å². The number of halogens is 2. The molecule has 1 nitrogen and oxygen atoms in total. The van der Waals surface area contributed by atoms with E-state index in [2.05, 4.69) is 0 Å². The molecule has 0 radical (unpaired) electrons. The summed E-state index contributed by atoms with van der Waals surface area (Å²) in [5.41, 5.74) is 1.79. The molecule has 0 N–H and O–H groups in total. The summed E-state index contributed by atoms with van der Waals surface area (Å²) in [6.07, 6.45) is 0.292. The number of rotatable bonds is 3. The second-order valence-corrected chi connectivity index (χ2v) is 5.45. The lowest BCUT2D eigenvalue weighted by atomic mass is 10.1. The van der Waals surface area contributed by atoms with Crippen molar-refractivity contribution in [3.8, 4) is 0 Å². The Balaban J connectivity index is 2.25. The van der Waals surface area contributed by atoms with Crippen molar-refractivity contribution in [3.05, 3.63) is 55.7 Å². The fourth-order valence-electron chi connectivity index (χ4n) is 1.60. The van der Waals surface area contributed by atoms with Gasteiger partial charge < -0.3 is 0 Å². The van der Waals surface area contributed by atoms with Crippen molar-refractivity contribution in [3.63, 3.8) is 0 Å². The van der Waals surface area contributed by atoms with Crippen LogP contribution in [-0.4, -0.2) is 5.78 Å². The molecule has 0 atom stereocenters. The smallest absolute Gasteiger partial charge is 0.177 e. The van der Waals surface area contributed by atoms with Crippen LogP contribution in [0.3, 0.4) is 0 Å². The summed E-state index contributed by atoms with van der Waals surface area (Å²) in [6, 6.07) is 7.29. The lowest BCUT2D eigenvalue weighted by molar-refractivity contribution is 0.0996. The Bertz CT molecular complexity index is 560. The maximum atomic E-state index is 12.1. The highest BCUT2D eigenvalue weighted by atomic mass is 35.5. The molecule has 0 aliphatic heterocycles. The third-order valence-electron chi connectivity index (χ3n) is 2.50. The van der Waals surface area contributed by atoms with Gasteiger partial charge in [-0.25, -0.2) is 0 Å². The topological polar surface area (TPSA) is 17.1 Å². The predicted molar refractivity (Wildman–Crippen MR) is 73.6 cm³/mol. The maximum absolute atomic E-state index is 12.1. The Hall–Kier alpha value is -0.830. The van der Waals surface area contributed by atoms with Gasteiger partial charge in [0.15, 0.2) is 5.78 Å². The van der Waals surface area contributed by atoms with Crippen LogP contribution in [0, 0.1) is 6.92 Å². The molecule has 0 spiro atoms. The molecule has 0 fully saturated rings. The van der Waals surface area contributed by atoms with Gasteiger partial charge in [0.25, 0.3) is 0 Å². The first kappa shape index (κ1) is 12.6. The average Bonchev–Trinajstić information content (AvgIpc) is 2.71. The second kappa shape index (κ2) is 5.21. The van der Waals surface area contributed by atoms with Gasteiger partial charge >= 0.3 is 0 Å². The van der Waals surface area contributed by atoms with Crippen LogP contribution in [0.4, 0.5) is 0 Å². The monoisotopic (exact) mass is 284 g/mol. The van der Waals surface area contributed by atoms with Crippen LogP contribution in [0.2, 0.25) is 10.0 Å². The molecule has 0 bridgehead atoms. The number of aryl methyl sites for hydroxylation is 1. The van der Waals surface area contributed by atoms with E-state index in [4.69, 9.17) is 23.2 Å². The Morgan fingerprint density at radius 3 is 2.71 bits per heavy atom. The van der Waals surface area contributed by atoms with E-state index in [9.17, 15) is 4.79 Å². The fourth-order valence-corrected chi connectivity index (χ4v) is 2.85. The van der Waals surface area contributed by atoms with Gasteiger partial charge in [-0.05, 0) is 35.6 Å². The molecule has 1 heterocycles. The summed E-state index contributed by atoms with van der Waals surface area (Å²) in [7, 11) is 0. The summed E-state index contributed by atoms with van der Waals surface area (Å²) < 4.78 is 0. The molecule has 0 unspecified atom stereocenters. The molecule has 2 rings (SSSR count). The lowest BCUT2D eigenvalue weighted by Gasteiger charge is -2.04. The third kappa shape index (κ3) is 2.71. The number of carbonyl (C=O) groups is 1. The lowest BCUT2D eigenvalue weighted by Crippen LogP contribution is -2.03.